The molecule has 2 N–H and O–H groups in total. The lowest BCUT2D eigenvalue weighted by Crippen LogP contribution is -2.26. The summed E-state index contributed by atoms with van der Waals surface area (Å²) in [6.07, 6.45) is 1.24. The van der Waals surface area contributed by atoms with Crippen LogP contribution in [0, 0.1) is 11.8 Å². The highest BCUT2D eigenvalue weighted by Gasteiger charge is 2.31. The second-order valence-electron chi connectivity index (χ2n) is 5.99. The van der Waals surface area contributed by atoms with E-state index in [9.17, 15) is 0 Å². The van der Waals surface area contributed by atoms with Gasteiger partial charge >= 0.3 is 0 Å². The zero-order valence-corrected chi connectivity index (χ0v) is 12.2. The topological polar surface area (TPSA) is 53.7 Å². The van der Waals surface area contributed by atoms with E-state index in [4.69, 9.17) is 19.9 Å². The van der Waals surface area contributed by atoms with Crippen LogP contribution in [0.4, 0.5) is 0 Å². The lowest BCUT2D eigenvalue weighted by atomic mass is 9.89. The normalized spacial score (nSPS) is 30.9. The Morgan fingerprint density at radius 3 is 2.60 bits per heavy atom. The van der Waals surface area contributed by atoms with Crippen molar-refractivity contribution in [2.75, 3.05) is 19.8 Å². The van der Waals surface area contributed by atoms with Gasteiger partial charge in [-0.15, -0.1) is 0 Å². The van der Waals surface area contributed by atoms with Crippen molar-refractivity contribution in [3.05, 3.63) is 23.8 Å². The van der Waals surface area contributed by atoms with Crippen LogP contribution in [0.25, 0.3) is 0 Å². The number of benzene rings is 1. The Morgan fingerprint density at radius 1 is 1.15 bits per heavy atom. The molecule has 1 aromatic rings. The highest BCUT2D eigenvalue weighted by molar-refractivity contribution is 5.44. The maximum absolute atomic E-state index is 6.41. The first-order chi connectivity index (χ1) is 9.65. The predicted molar refractivity (Wildman–Crippen MR) is 77.0 cm³/mol. The molecule has 4 nitrogen and oxygen atoms in total. The Hall–Kier alpha value is -1.26. The minimum absolute atomic E-state index is 0.0120. The van der Waals surface area contributed by atoms with Crippen LogP contribution in [0.1, 0.15) is 31.9 Å². The molecule has 4 heteroatoms. The molecule has 20 heavy (non-hydrogen) atoms. The van der Waals surface area contributed by atoms with E-state index in [1.807, 2.05) is 18.2 Å². The Balaban J connectivity index is 1.81. The third kappa shape index (κ3) is 2.63. The smallest absolute Gasteiger partial charge is 0.161 e. The van der Waals surface area contributed by atoms with Gasteiger partial charge in [0.2, 0.25) is 0 Å². The monoisotopic (exact) mass is 277 g/mol. The number of rotatable bonds is 2. The molecule has 3 rings (SSSR count). The van der Waals surface area contributed by atoms with Crippen LogP contribution < -0.4 is 15.2 Å². The third-order valence-corrected chi connectivity index (χ3v) is 4.30. The zero-order valence-electron chi connectivity index (χ0n) is 12.2. The molecule has 2 aliphatic heterocycles. The first kappa shape index (κ1) is 13.7. The second-order valence-corrected chi connectivity index (χ2v) is 5.99. The lowest BCUT2D eigenvalue weighted by molar-refractivity contribution is 0.0994. The fraction of sp³-hybridized carbons (Fsp3) is 0.625. The molecule has 0 amide bonds. The molecule has 1 fully saturated rings. The van der Waals surface area contributed by atoms with E-state index in [-0.39, 0.29) is 12.1 Å². The summed E-state index contributed by atoms with van der Waals surface area (Å²) in [6.45, 7) is 6.42. The van der Waals surface area contributed by atoms with Crippen molar-refractivity contribution in [1.82, 2.24) is 0 Å². The summed E-state index contributed by atoms with van der Waals surface area (Å²) in [5.74, 6) is 2.41. The van der Waals surface area contributed by atoms with Gasteiger partial charge in [0.05, 0.1) is 19.3 Å². The average Bonchev–Trinajstić information content (AvgIpc) is 2.79. The molecule has 0 radical (unpaired) electrons. The van der Waals surface area contributed by atoms with Gasteiger partial charge in [0.15, 0.2) is 11.5 Å². The molecule has 2 heterocycles. The summed E-state index contributed by atoms with van der Waals surface area (Å²) in [4.78, 5) is 0. The van der Waals surface area contributed by atoms with Gasteiger partial charge in [0.25, 0.3) is 0 Å². The number of fused-ring (bicyclic) bond motifs is 1. The molecule has 1 aromatic carbocycles. The number of nitrogens with two attached hydrogens (primary N) is 1. The van der Waals surface area contributed by atoms with Crippen molar-refractivity contribution in [3.8, 4) is 11.5 Å². The summed E-state index contributed by atoms with van der Waals surface area (Å²) in [5, 5.41) is 0. The van der Waals surface area contributed by atoms with Gasteiger partial charge in [-0.2, -0.15) is 0 Å². The number of hydrogen-bond donors (Lipinski definition) is 1. The Bertz CT molecular complexity index is 477. The summed E-state index contributed by atoms with van der Waals surface area (Å²) in [7, 11) is 0. The first-order valence-corrected chi connectivity index (χ1v) is 7.42. The van der Waals surface area contributed by atoms with Crippen molar-refractivity contribution in [3.63, 3.8) is 0 Å². The van der Waals surface area contributed by atoms with Gasteiger partial charge in [0.1, 0.15) is 0 Å². The molecule has 0 bridgehead atoms. The van der Waals surface area contributed by atoms with Gasteiger partial charge in [-0.1, -0.05) is 13.0 Å². The number of hydrogen-bond acceptors (Lipinski definition) is 4. The van der Waals surface area contributed by atoms with Crippen molar-refractivity contribution in [2.45, 2.75) is 32.4 Å². The molecule has 4 atom stereocenters. The minimum Gasteiger partial charge on any atom is -0.489 e. The van der Waals surface area contributed by atoms with E-state index in [2.05, 4.69) is 13.8 Å². The summed E-state index contributed by atoms with van der Waals surface area (Å²) >= 11 is 0. The van der Waals surface area contributed by atoms with Crippen LogP contribution in [0.3, 0.4) is 0 Å². The molecular formula is C16H23NO3. The molecule has 1 saturated heterocycles. The van der Waals surface area contributed by atoms with Crippen molar-refractivity contribution in [1.29, 1.82) is 0 Å². The standard InChI is InChI=1S/C16H23NO3/c1-10-8-19-14-4-3-12(7-15(14)20-9-10)16(17)13-5-6-18-11(13)2/h3-4,7,10-11,13,16H,5-6,8-9,17H2,1-2H3. The summed E-state index contributed by atoms with van der Waals surface area (Å²) in [5.41, 5.74) is 7.51. The third-order valence-electron chi connectivity index (χ3n) is 4.30. The molecule has 0 spiro atoms. The average molecular weight is 277 g/mol. The maximum Gasteiger partial charge on any atom is 0.161 e. The molecule has 0 saturated carbocycles. The van der Waals surface area contributed by atoms with E-state index < -0.39 is 0 Å². The molecule has 0 aromatic heterocycles. The van der Waals surface area contributed by atoms with Crippen molar-refractivity contribution >= 4 is 0 Å². The molecule has 4 unspecified atom stereocenters. The molecular weight excluding hydrogens is 254 g/mol. The van der Waals surface area contributed by atoms with Crippen LogP contribution in [0.15, 0.2) is 18.2 Å². The number of ether oxygens (including phenoxy) is 3. The molecule has 2 aliphatic rings. The molecule has 0 aliphatic carbocycles. The fourth-order valence-corrected chi connectivity index (χ4v) is 2.94. The van der Waals surface area contributed by atoms with E-state index in [0.717, 1.165) is 30.1 Å². The van der Waals surface area contributed by atoms with Gasteiger partial charge < -0.3 is 19.9 Å². The van der Waals surface area contributed by atoms with Crippen LogP contribution in [-0.2, 0) is 4.74 Å². The minimum atomic E-state index is -0.0120. The second kappa shape index (κ2) is 5.62. The van der Waals surface area contributed by atoms with Crippen molar-refractivity contribution < 1.29 is 14.2 Å². The molecule has 110 valence electrons. The van der Waals surface area contributed by atoms with Crippen LogP contribution >= 0.6 is 0 Å². The van der Waals surface area contributed by atoms with Gasteiger partial charge in [-0.25, -0.2) is 0 Å². The van der Waals surface area contributed by atoms with Crippen molar-refractivity contribution in [2.24, 2.45) is 17.6 Å². The van der Waals surface area contributed by atoms with E-state index in [1.165, 1.54) is 0 Å². The quantitative estimate of drug-likeness (QED) is 0.902. The Kier molecular flexibility index (Phi) is 3.85. The first-order valence-electron chi connectivity index (χ1n) is 7.42. The van der Waals surface area contributed by atoms with E-state index >= 15 is 0 Å². The maximum atomic E-state index is 6.41. The van der Waals surface area contributed by atoms with Crippen LogP contribution in [0.2, 0.25) is 0 Å². The SMILES string of the molecule is CC1COc2ccc(C(N)C3CCOC3C)cc2OC1. The largest absolute Gasteiger partial charge is 0.489 e. The summed E-state index contributed by atoms with van der Waals surface area (Å²) < 4.78 is 17.2. The van der Waals surface area contributed by atoms with E-state index in [1.54, 1.807) is 0 Å². The van der Waals surface area contributed by atoms with E-state index in [0.29, 0.717) is 25.0 Å². The van der Waals surface area contributed by atoms with Gasteiger partial charge in [-0.05, 0) is 31.0 Å². The van der Waals surface area contributed by atoms with Crippen LogP contribution in [-0.4, -0.2) is 25.9 Å². The fourth-order valence-electron chi connectivity index (χ4n) is 2.94. The van der Waals surface area contributed by atoms with Crippen LogP contribution in [0.5, 0.6) is 11.5 Å². The van der Waals surface area contributed by atoms with Gasteiger partial charge in [-0.3, -0.25) is 0 Å². The summed E-state index contributed by atoms with van der Waals surface area (Å²) in [6, 6.07) is 6.04. The predicted octanol–water partition coefficient (Wildman–Crippen LogP) is 2.52. The lowest BCUT2D eigenvalue weighted by Gasteiger charge is -2.23. The van der Waals surface area contributed by atoms with Gasteiger partial charge in [0, 0.05) is 24.5 Å². The zero-order chi connectivity index (χ0) is 14.1. The Morgan fingerprint density at radius 2 is 1.90 bits per heavy atom. The highest BCUT2D eigenvalue weighted by atomic mass is 16.5. The highest BCUT2D eigenvalue weighted by Crippen LogP contribution is 2.37. The Labute approximate surface area is 120 Å².